The average Bonchev–Trinajstić information content (AvgIpc) is 2.51. The fourth-order valence-electron chi connectivity index (χ4n) is 2.62. The number of ether oxygens (including phenoxy) is 1. The molecule has 0 unspecified atom stereocenters. The van der Waals surface area contributed by atoms with Crippen molar-refractivity contribution in [1.82, 2.24) is 0 Å². The van der Waals surface area contributed by atoms with Crippen LogP contribution in [0.25, 0.3) is 0 Å². The molecule has 2 rings (SSSR count). The van der Waals surface area contributed by atoms with Gasteiger partial charge in [-0.15, -0.1) is 0 Å². The van der Waals surface area contributed by atoms with E-state index in [4.69, 9.17) is 4.74 Å². The third-order valence-corrected chi connectivity index (χ3v) is 4.17. The average molecular weight is 321 g/mol. The molecular weight excluding hydrogens is 294 g/mol. The lowest BCUT2D eigenvalue weighted by atomic mass is 9.80. The van der Waals surface area contributed by atoms with Crippen LogP contribution in [0, 0.1) is 11.3 Å². The first kappa shape index (κ1) is 18.1. The highest BCUT2D eigenvalue weighted by atomic mass is 16.5. The molecule has 2 aromatic carbocycles. The van der Waals surface area contributed by atoms with E-state index in [1.54, 1.807) is 0 Å². The van der Waals surface area contributed by atoms with Crippen molar-refractivity contribution in [2.24, 2.45) is 0 Å². The zero-order chi connectivity index (χ0) is 18.0. The second-order valence-electron chi connectivity index (χ2n) is 8.27. The van der Waals surface area contributed by atoms with E-state index in [2.05, 4.69) is 65.8 Å². The van der Waals surface area contributed by atoms with Crippen LogP contribution in [0.4, 0.5) is 0 Å². The summed E-state index contributed by atoms with van der Waals surface area (Å²) in [5.74, 6) is 0.892. The lowest BCUT2D eigenvalue weighted by Crippen LogP contribution is -2.17. The number of rotatable bonds is 3. The van der Waals surface area contributed by atoms with Crippen LogP contribution in [0.15, 0.2) is 42.5 Å². The standard InChI is InChI=1S/C22H27NO/c1-21(2,3)18-11-12-20(19(13-18)22(4,5)6)24-15-17-10-8-7-9-16(17)14-23/h7-13H,15H2,1-6H3. The summed E-state index contributed by atoms with van der Waals surface area (Å²) < 4.78 is 6.11. The Morgan fingerprint density at radius 3 is 2.17 bits per heavy atom. The predicted molar refractivity (Wildman–Crippen MR) is 99.3 cm³/mol. The van der Waals surface area contributed by atoms with Crippen LogP contribution in [0.1, 0.15) is 63.8 Å². The minimum absolute atomic E-state index is 0.00859. The molecule has 0 aliphatic rings. The van der Waals surface area contributed by atoms with Gasteiger partial charge in [0.15, 0.2) is 0 Å². The third-order valence-electron chi connectivity index (χ3n) is 4.17. The van der Waals surface area contributed by atoms with Gasteiger partial charge in [-0.2, -0.15) is 5.26 Å². The van der Waals surface area contributed by atoms with Gasteiger partial charge in [0.1, 0.15) is 12.4 Å². The maximum Gasteiger partial charge on any atom is 0.123 e. The summed E-state index contributed by atoms with van der Waals surface area (Å²) in [6.07, 6.45) is 0. The number of benzene rings is 2. The maximum atomic E-state index is 9.22. The molecule has 0 atom stereocenters. The van der Waals surface area contributed by atoms with Crippen LogP contribution in [0.5, 0.6) is 5.75 Å². The van der Waals surface area contributed by atoms with Crippen molar-refractivity contribution in [3.05, 3.63) is 64.7 Å². The zero-order valence-corrected chi connectivity index (χ0v) is 15.6. The van der Waals surface area contributed by atoms with Gasteiger partial charge in [0.25, 0.3) is 0 Å². The van der Waals surface area contributed by atoms with Crippen molar-refractivity contribution >= 4 is 0 Å². The number of hydrogen-bond acceptors (Lipinski definition) is 2. The summed E-state index contributed by atoms with van der Waals surface area (Å²) in [6.45, 7) is 13.7. The maximum absolute atomic E-state index is 9.22. The van der Waals surface area contributed by atoms with Gasteiger partial charge in [-0.05, 0) is 34.1 Å². The van der Waals surface area contributed by atoms with Crippen molar-refractivity contribution in [3.63, 3.8) is 0 Å². The summed E-state index contributed by atoms with van der Waals surface area (Å²) in [5, 5.41) is 9.22. The van der Waals surface area contributed by atoms with Crippen molar-refractivity contribution in [2.45, 2.75) is 59.0 Å². The molecule has 0 aliphatic heterocycles. The molecule has 0 saturated carbocycles. The molecule has 0 fully saturated rings. The highest BCUT2D eigenvalue weighted by Gasteiger charge is 2.23. The third kappa shape index (κ3) is 4.17. The molecule has 0 aromatic heterocycles. The Balaban J connectivity index is 2.35. The molecule has 0 amide bonds. The quantitative estimate of drug-likeness (QED) is 0.723. The Morgan fingerprint density at radius 2 is 1.58 bits per heavy atom. The number of hydrogen-bond donors (Lipinski definition) is 0. The van der Waals surface area contributed by atoms with Crippen molar-refractivity contribution in [3.8, 4) is 11.8 Å². The molecule has 2 nitrogen and oxygen atoms in total. The Morgan fingerprint density at radius 1 is 0.917 bits per heavy atom. The van der Waals surface area contributed by atoms with Crippen molar-refractivity contribution in [2.75, 3.05) is 0 Å². The Hall–Kier alpha value is -2.27. The summed E-state index contributed by atoms with van der Waals surface area (Å²) in [7, 11) is 0. The topological polar surface area (TPSA) is 33.0 Å². The molecule has 24 heavy (non-hydrogen) atoms. The number of nitrogens with zero attached hydrogens (tertiary/aromatic N) is 1. The fraction of sp³-hybridized carbons (Fsp3) is 0.409. The summed E-state index contributed by atoms with van der Waals surface area (Å²) in [4.78, 5) is 0. The highest BCUT2D eigenvalue weighted by molar-refractivity contribution is 5.44. The smallest absolute Gasteiger partial charge is 0.123 e. The van der Waals surface area contributed by atoms with Crippen LogP contribution in [0.2, 0.25) is 0 Å². The van der Waals surface area contributed by atoms with Gasteiger partial charge in [0, 0.05) is 5.56 Å². The molecular formula is C22H27NO. The molecule has 0 N–H and O–H groups in total. The molecule has 0 saturated heterocycles. The van der Waals surface area contributed by atoms with Gasteiger partial charge >= 0.3 is 0 Å². The fourth-order valence-corrected chi connectivity index (χ4v) is 2.62. The lowest BCUT2D eigenvalue weighted by Gasteiger charge is -2.27. The largest absolute Gasteiger partial charge is 0.489 e. The van der Waals surface area contributed by atoms with E-state index in [9.17, 15) is 5.26 Å². The van der Waals surface area contributed by atoms with Gasteiger partial charge in [-0.3, -0.25) is 0 Å². The molecule has 2 heteroatoms. The Labute approximate surface area is 146 Å². The molecule has 2 aromatic rings. The van der Waals surface area contributed by atoms with Gasteiger partial charge in [-0.1, -0.05) is 71.9 Å². The first-order chi connectivity index (χ1) is 11.1. The summed E-state index contributed by atoms with van der Waals surface area (Å²) in [6, 6.07) is 16.3. The zero-order valence-electron chi connectivity index (χ0n) is 15.6. The minimum atomic E-state index is -0.00859. The van der Waals surface area contributed by atoms with Crippen LogP contribution in [-0.2, 0) is 17.4 Å². The molecule has 0 spiro atoms. The van der Waals surface area contributed by atoms with Crippen LogP contribution in [-0.4, -0.2) is 0 Å². The van der Waals surface area contributed by atoms with E-state index in [1.807, 2.05) is 24.3 Å². The van der Waals surface area contributed by atoms with E-state index in [0.717, 1.165) is 11.3 Å². The van der Waals surface area contributed by atoms with E-state index in [-0.39, 0.29) is 10.8 Å². The lowest BCUT2D eigenvalue weighted by molar-refractivity contribution is 0.297. The predicted octanol–water partition coefficient (Wildman–Crippen LogP) is 5.73. The number of nitriles is 1. The van der Waals surface area contributed by atoms with Crippen LogP contribution < -0.4 is 4.74 Å². The SMILES string of the molecule is CC(C)(C)c1ccc(OCc2ccccc2C#N)c(C(C)(C)C)c1. The summed E-state index contributed by atoms with van der Waals surface area (Å²) in [5.41, 5.74) is 4.18. The van der Waals surface area contributed by atoms with E-state index in [0.29, 0.717) is 12.2 Å². The first-order valence-electron chi connectivity index (χ1n) is 8.39. The van der Waals surface area contributed by atoms with E-state index in [1.165, 1.54) is 11.1 Å². The van der Waals surface area contributed by atoms with E-state index < -0.39 is 0 Å². The molecule has 0 bridgehead atoms. The first-order valence-corrected chi connectivity index (χ1v) is 8.39. The molecule has 0 heterocycles. The van der Waals surface area contributed by atoms with Crippen LogP contribution >= 0.6 is 0 Å². The van der Waals surface area contributed by atoms with Crippen LogP contribution in [0.3, 0.4) is 0 Å². The van der Waals surface area contributed by atoms with Crippen molar-refractivity contribution in [1.29, 1.82) is 5.26 Å². The second-order valence-corrected chi connectivity index (χ2v) is 8.27. The Kier molecular flexibility index (Phi) is 5.04. The molecule has 0 aliphatic carbocycles. The molecule has 0 radical (unpaired) electrons. The molecule has 126 valence electrons. The van der Waals surface area contributed by atoms with Gasteiger partial charge in [0.05, 0.1) is 11.6 Å². The van der Waals surface area contributed by atoms with E-state index >= 15 is 0 Å². The monoisotopic (exact) mass is 321 g/mol. The van der Waals surface area contributed by atoms with Gasteiger partial charge in [0.2, 0.25) is 0 Å². The van der Waals surface area contributed by atoms with Gasteiger partial charge < -0.3 is 4.74 Å². The minimum Gasteiger partial charge on any atom is -0.489 e. The van der Waals surface area contributed by atoms with Crippen molar-refractivity contribution < 1.29 is 4.74 Å². The second kappa shape index (κ2) is 6.69. The highest BCUT2D eigenvalue weighted by Crippen LogP contribution is 2.35. The summed E-state index contributed by atoms with van der Waals surface area (Å²) >= 11 is 0. The Bertz CT molecular complexity index is 755. The van der Waals surface area contributed by atoms with Gasteiger partial charge in [-0.25, -0.2) is 0 Å². The normalized spacial score (nSPS) is 11.9.